The van der Waals surface area contributed by atoms with Crippen LogP contribution in [0.15, 0.2) is 0 Å². The average Bonchev–Trinajstić information content (AvgIpc) is 2.40. The van der Waals surface area contributed by atoms with Crippen LogP contribution in [0.4, 0.5) is 0 Å². The molecule has 0 aromatic carbocycles. The summed E-state index contributed by atoms with van der Waals surface area (Å²) >= 11 is 0. The standard InChI is InChI=1S/C16H31N/c1-2-6-13-9-10-15(12-17)16(11-13)14-7-4-3-5-8-14/h13-16H,2-12,17H2,1H3. The first-order valence-corrected chi connectivity index (χ1v) is 8.05. The van der Waals surface area contributed by atoms with E-state index in [1.165, 1.54) is 64.2 Å². The summed E-state index contributed by atoms with van der Waals surface area (Å²) in [6, 6.07) is 0. The Morgan fingerprint density at radius 2 is 1.76 bits per heavy atom. The topological polar surface area (TPSA) is 26.0 Å². The van der Waals surface area contributed by atoms with Gasteiger partial charge in [0, 0.05) is 0 Å². The lowest BCUT2D eigenvalue weighted by Gasteiger charge is -2.41. The molecule has 3 unspecified atom stereocenters. The second-order valence-corrected chi connectivity index (χ2v) is 6.53. The Morgan fingerprint density at radius 3 is 2.41 bits per heavy atom. The molecule has 2 aliphatic rings. The lowest BCUT2D eigenvalue weighted by Crippen LogP contribution is -2.35. The third kappa shape index (κ3) is 3.47. The van der Waals surface area contributed by atoms with Gasteiger partial charge in [0.05, 0.1) is 0 Å². The minimum atomic E-state index is 0.853. The van der Waals surface area contributed by atoms with Gasteiger partial charge in [-0.2, -0.15) is 0 Å². The van der Waals surface area contributed by atoms with E-state index >= 15 is 0 Å². The van der Waals surface area contributed by atoms with Crippen molar-refractivity contribution in [2.45, 2.75) is 71.1 Å². The lowest BCUT2D eigenvalue weighted by molar-refractivity contribution is 0.0968. The molecule has 0 aromatic heterocycles. The van der Waals surface area contributed by atoms with E-state index in [1.807, 2.05) is 0 Å². The molecular weight excluding hydrogens is 206 g/mol. The molecule has 0 aromatic rings. The Hall–Kier alpha value is -0.0400. The molecule has 0 radical (unpaired) electrons. The Bertz CT molecular complexity index is 208. The molecule has 0 aliphatic heterocycles. The summed E-state index contributed by atoms with van der Waals surface area (Å²) in [5, 5.41) is 0. The Morgan fingerprint density at radius 1 is 1.00 bits per heavy atom. The van der Waals surface area contributed by atoms with Gasteiger partial charge in [-0.25, -0.2) is 0 Å². The monoisotopic (exact) mass is 237 g/mol. The van der Waals surface area contributed by atoms with Crippen LogP contribution in [-0.4, -0.2) is 6.54 Å². The van der Waals surface area contributed by atoms with E-state index in [-0.39, 0.29) is 0 Å². The summed E-state index contributed by atoms with van der Waals surface area (Å²) in [5.74, 6) is 3.88. The lowest BCUT2D eigenvalue weighted by atomic mass is 9.64. The number of hydrogen-bond donors (Lipinski definition) is 1. The summed E-state index contributed by atoms with van der Waals surface area (Å²) in [4.78, 5) is 0. The summed E-state index contributed by atoms with van der Waals surface area (Å²) in [7, 11) is 0. The normalized spacial score (nSPS) is 36.0. The molecule has 2 saturated carbocycles. The molecule has 2 rings (SSSR count). The quantitative estimate of drug-likeness (QED) is 0.772. The number of nitrogens with two attached hydrogens (primary N) is 1. The predicted molar refractivity (Wildman–Crippen MR) is 74.9 cm³/mol. The van der Waals surface area contributed by atoms with Crippen LogP contribution in [0, 0.1) is 23.7 Å². The molecule has 0 bridgehead atoms. The second-order valence-electron chi connectivity index (χ2n) is 6.53. The van der Waals surface area contributed by atoms with Crippen LogP contribution < -0.4 is 5.73 Å². The fraction of sp³-hybridized carbons (Fsp3) is 1.00. The van der Waals surface area contributed by atoms with Crippen molar-refractivity contribution in [2.75, 3.05) is 6.54 Å². The van der Waals surface area contributed by atoms with Crippen LogP contribution in [0.1, 0.15) is 71.1 Å². The van der Waals surface area contributed by atoms with Gasteiger partial charge in [-0.1, -0.05) is 58.3 Å². The fourth-order valence-corrected chi connectivity index (χ4v) is 4.46. The van der Waals surface area contributed by atoms with E-state index in [0.29, 0.717) is 0 Å². The van der Waals surface area contributed by atoms with Crippen molar-refractivity contribution >= 4 is 0 Å². The molecular formula is C16H31N. The van der Waals surface area contributed by atoms with Gasteiger partial charge in [-0.05, 0) is 43.1 Å². The third-order valence-corrected chi connectivity index (χ3v) is 5.41. The van der Waals surface area contributed by atoms with E-state index in [2.05, 4.69) is 6.92 Å². The third-order valence-electron chi connectivity index (χ3n) is 5.41. The Balaban J connectivity index is 1.93. The van der Waals surface area contributed by atoms with E-state index in [1.54, 1.807) is 0 Å². The molecule has 0 amide bonds. The van der Waals surface area contributed by atoms with Crippen LogP contribution in [0.2, 0.25) is 0 Å². The number of hydrogen-bond acceptors (Lipinski definition) is 1. The highest BCUT2D eigenvalue weighted by molar-refractivity contribution is 4.86. The first-order chi connectivity index (χ1) is 8.35. The maximum Gasteiger partial charge on any atom is -0.00461 e. The minimum Gasteiger partial charge on any atom is -0.330 e. The molecule has 0 spiro atoms. The Kier molecular flexibility index (Phi) is 5.34. The fourth-order valence-electron chi connectivity index (χ4n) is 4.46. The zero-order valence-electron chi connectivity index (χ0n) is 11.7. The van der Waals surface area contributed by atoms with Gasteiger partial charge < -0.3 is 5.73 Å². The van der Waals surface area contributed by atoms with Crippen LogP contribution in [0.5, 0.6) is 0 Å². The maximum absolute atomic E-state index is 6.02. The summed E-state index contributed by atoms with van der Waals surface area (Å²) < 4.78 is 0. The Labute approximate surface area is 108 Å². The highest BCUT2D eigenvalue weighted by atomic mass is 14.6. The minimum absolute atomic E-state index is 0.853. The van der Waals surface area contributed by atoms with Crippen molar-refractivity contribution in [3.8, 4) is 0 Å². The van der Waals surface area contributed by atoms with Crippen molar-refractivity contribution in [3.05, 3.63) is 0 Å². The molecule has 1 nitrogen and oxygen atoms in total. The predicted octanol–water partition coefficient (Wildman–Crippen LogP) is 4.36. The molecule has 0 saturated heterocycles. The molecule has 2 aliphatic carbocycles. The largest absolute Gasteiger partial charge is 0.330 e. The van der Waals surface area contributed by atoms with Crippen molar-refractivity contribution in [1.29, 1.82) is 0 Å². The van der Waals surface area contributed by atoms with Crippen molar-refractivity contribution < 1.29 is 0 Å². The van der Waals surface area contributed by atoms with Gasteiger partial charge >= 0.3 is 0 Å². The summed E-state index contributed by atoms with van der Waals surface area (Å²) in [5.41, 5.74) is 6.02. The van der Waals surface area contributed by atoms with E-state index in [0.717, 1.165) is 30.2 Å². The maximum atomic E-state index is 6.02. The van der Waals surface area contributed by atoms with Gasteiger partial charge in [0.15, 0.2) is 0 Å². The molecule has 1 heteroatoms. The van der Waals surface area contributed by atoms with Gasteiger partial charge in [-0.3, -0.25) is 0 Å². The van der Waals surface area contributed by atoms with Crippen LogP contribution in [0.3, 0.4) is 0 Å². The number of rotatable bonds is 4. The summed E-state index contributed by atoms with van der Waals surface area (Å²) in [6.07, 6.45) is 14.7. The summed E-state index contributed by atoms with van der Waals surface area (Å²) in [6.45, 7) is 3.28. The first-order valence-electron chi connectivity index (χ1n) is 8.05. The average molecular weight is 237 g/mol. The van der Waals surface area contributed by atoms with Gasteiger partial charge in [0.2, 0.25) is 0 Å². The first kappa shape index (κ1) is 13.4. The van der Waals surface area contributed by atoms with Gasteiger partial charge in [0.25, 0.3) is 0 Å². The van der Waals surface area contributed by atoms with Gasteiger partial charge in [0.1, 0.15) is 0 Å². The van der Waals surface area contributed by atoms with E-state index in [9.17, 15) is 0 Å². The van der Waals surface area contributed by atoms with Gasteiger partial charge in [-0.15, -0.1) is 0 Å². The van der Waals surface area contributed by atoms with E-state index in [4.69, 9.17) is 5.73 Å². The molecule has 17 heavy (non-hydrogen) atoms. The SMILES string of the molecule is CCCC1CCC(CN)C(C2CCCCC2)C1. The molecule has 0 heterocycles. The van der Waals surface area contributed by atoms with E-state index < -0.39 is 0 Å². The van der Waals surface area contributed by atoms with Crippen LogP contribution in [-0.2, 0) is 0 Å². The molecule has 2 N–H and O–H groups in total. The van der Waals surface area contributed by atoms with Crippen LogP contribution in [0.25, 0.3) is 0 Å². The molecule has 100 valence electrons. The van der Waals surface area contributed by atoms with Crippen molar-refractivity contribution in [3.63, 3.8) is 0 Å². The smallest absolute Gasteiger partial charge is 0.00461 e. The highest BCUT2D eigenvalue weighted by Gasteiger charge is 2.34. The van der Waals surface area contributed by atoms with Crippen molar-refractivity contribution in [2.24, 2.45) is 29.4 Å². The highest BCUT2D eigenvalue weighted by Crippen LogP contribution is 2.44. The zero-order valence-corrected chi connectivity index (χ0v) is 11.7. The molecule has 2 fully saturated rings. The zero-order chi connectivity index (χ0) is 12.1. The van der Waals surface area contributed by atoms with Crippen LogP contribution >= 0.6 is 0 Å². The molecule has 3 atom stereocenters. The van der Waals surface area contributed by atoms with Crippen molar-refractivity contribution in [1.82, 2.24) is 0 Å². The second kappa shape index (κ2) is 6.78.